The number of hydrogen-bond acceptors (Lipinski definition) is 5. The normalized spacial score (nSPS) is 20.0. The highest BCUT2D eigenvalue weighted by molar-refractivity contribution is 5.08. The molecule has 0 bridgehead atoms. The summed E-state index contributed by atoms with van der Waals surface area (Å²) in [5, 5.41) is 4.04. The fourth-order valence-corrected chi connectivity index (χ4v) is 2.57. The highest BCUT2D eigenvalue weighted by Gasteiger charge is 2.26. The lowest BCUT2D eigenvalue weighted by atomic mass is 10.1. The molecule has 2 aromatic rings. The van der Waals surface area contributed by atoms with Gasteiger partial charge in [-0.15, -0.1) is 0 Å². The topological polar surface area (TPSA) is 55.1 Å². The second-order valence-electron chi connectivity index (χ2n) is 5.21. The Morgan fingerprint density at radius 1 is 1.42 bits per heavy atom. The molecule has 1 saturated heterocycles. The molecule has 5 heteroatoms. The van der Waals surface area contributed by atoms with Gasteiger partial charge in [0, 0.05) is 37.0 Å². The minimum Gasteiger partial charge on any atom is -0.361 e. The van der Waals surface area contributed by atoms with Crippen molar-refractivity contribution in [2.45, 2.75) is 32.7 Å². The molecule has 5 nitrogen and oxygen atoms in total. The molecule has 3 heterocycles. The fourth-order valence-electron chi connectivity index (χ4n) is 2.57. The van der Waals surface area contributed by atoms with Crippen LogP contribution in [0.1, 0.15) is 35.3 Å². The Bertz CT molecular complexity index is 566. The van der Waals surface area contributed by atoms with Crippen LogP contribution in [0.15, 0.2) is 22.9 Å². The maximum atomic E-state index is 5.10. The van der Waals surface area contributed by atoms with Crippen LogP contribution in [0.4, 0.5) is 0 Å². The third kappa shape index (κ3) is 2.81. The number of likely N-dealkylation sites (tertiary alicyclic amines) is 1. The smallest absolute Gasteiger partial charge is 0.133 e. The van der Waals surface area contributed by atoms with Crippen molar-refractivity contribution < 1.29 is 4.52 Å². The predicted octanol–water partition coefficient (Wildman–Crippen LogP) is 2.07. The SMILES string of the molecule is Cc1ccnc([C@H]2CCN(Cc3cc(C)on3)C2)n1. The Morgan fingerprint density at radius 2 is 2.32 bits per heavy atom. The first kappa shape index (κ1) is 12.3. The van der Waals surface area contributed by atoms with Crippen molar-refractivity contribution in [1.82, 2.24) is 20.0 Å². The molecule has 3 rings (SSSR count). The van der Waals surface area contributed by atoms with Gasteiger partial charge in [-0.3, -0.25) is 4.90 Å². The molecule has 0 saturated carbocycles. The zero-order chi connectivity index (χ0) is 13.2. The summed E-state index contributed by atoms with van der Waals surface area (Å²) >= 11 is 0. The summed E-state index contributed by atoms with van der Waals surface area (Å²) in [6.07, 6.45) is 2.96. The molecule has 0 radical (unpaired) electrons. The molecule has 1 aliphatic heterocycles. The van der Waals surface area contributed by atoms with Crippen LogP contribution < -0.4 is 0 Å². The van der Waals surface area contributed by atoms with Gasteiger partial charge in [0.05, 0.1) is 5.69 Å². The van der Waals surface area contributed by atoms with E-state index in [9.17, 15) is 0 Å². The first-order valence-corrected chi connectivity index (χ1v) is 6.65. The zero-order valence-electron chi connectivity index (χ0n) is 11.3. The van der Waals surface area contributed by atoms with Crippen LogP contribution in [0, 0.1) is 13.8 Å². The van der Waals surface area contributed by atoms with Crippen LogP contribution in [0.2, 0.25) is 0 Å². The highest BCUT2D eigenvalue weighted by atomic mass is 16.5. The first-order valence-electron chi connectivity index (χ1n) is 6.65. The molecule has 0 amide bonds. The van der Waals surface area contributed by atoms with Crippen LogP contribution in [-0.4, -0.2) is 33.1 Å². The van der Waals surface area contributed by atoms with Gasteiger partial charge < -0.3 is 4.52 Å². The van der Waals surface area contributed by atoms with E-state index in [1.54, 1.807) is 0 Å². The lowest BCUT2D eigenvalue weighted by molar-refractivity contribution is 0.307. The van der Waals surface area contributed by atoms with Gasteiger partial charge in [-0.25, -0.2) is 9.97 Å². The molecule has 1 fully saturated rings. The number of aromatic nitrogens is 3. The van der Waals surface area contributed by atoms with Crippen molar-refractivity contribution in [3.8, 4) is 0 Å². The molecule has 0 aromatic carbocycles. The Labute approximate surface area is 112 Å². The molecule has 19 heavy (non-hydrogen) atoms. The molecule has 0 unspecified atom stereocenters. The highest BCUT2D eigenvalue weighted by Crippen LogP contribution is 2.25. The van der Waals surface area contributed by atoms with Gasteiger partial charge in [-0.1, -0.05) is 5.16 Å². The van der Waals surface area contributed by atoms with Crippen molar-refractivity contribution in [2.24, 2.45) is 0 Å². The molecule has 100 valence electrons. The van der Waals surface area contributed by atoms with Gasteiger partial charge in [0.1, 0.15) is 11.6 Å². The third-order valence-electron chi connectivity index (χ3n) is 3.51. The lowest BCUT2D eigenvalue weighted by Crippen LogP contribution is -2.20. The van der Waals surface area contributed by atoms with E-state index in [2.05, 4.69) is 20.0 Å². The van der Waals surface area contributed by atoms with E-state index in [-0.39, 0.29) is 0 Å². The Morgan fingerprint density at radius 3 is 3.05 bits per heavy atom. The van der Waals surface area contributed by atoms with E-state index < -0.39 is 0 Å². The maximum absolute atomic E-state index is 5.10. The summed E-state index contributed by atoms with van der Waals surface area (Å²) in [6, 6.07) is 3.94. The summed E-state index contributed by atoms with van der Waals surface area (Å²) < 4.78 is 5.10. The summed E-state index contributed by atoms with van der Waals surface area (Å²) in [5.74, 6) is 2.28. The molecular weight excluding hydrogens is 240 g/mol. The monoisotopic (exact) mass is 258 g/mol. The van der Waals surface area contributed by atoms with Gasteiger partial charge in [-0.05, 0) is 32.9 Å². The van der Waals surface area contributed by atoms with Crippen LogP contribution in [-0.2, 0) is 6.54 Å². The third-order valence-corrected chi connectivity index (χ3v) is 3.51. The quantitative estimate of drug-likeness (QED) is 0.843. The summed E-state index contributed by atoms with van der Waals surface area (Å²) in [5.41, 5.74) is 2.04. The molecule has 2 aromatic heterocycles. The molecular formula is C14H18N4O. The van der Waals surface area contributed by atoms with E-state index in [1.807, 2.05) is 32.2 Å². The Balaban J connectivity index is 1.64. The van der Waals surface area contributed by atoms with E-state index >= 15 is 0 Å². The number of nitrogens with zero attached hydrogens (tertiary/aromatic N) is 4. The van der Waals surface area contributed by atoms with Crippen LogP contribution in [0.3, 0.4) is 0 Å². The average Bonchev–Trinajstić information content (AvgIpc) is 2.99. The van der Waals surface area contributed by atoms with Crippen molar-refractivity contribution >= 4 is 0 Å². The number of aryl methyl sites for hydroxylation is 2. The summed E-state index contributed by atoms with van der Waals surface area (Å²) in [4.78, 5) is 11.3. The number of rotatable bonds is 3. The second kappa shape index (κ2) is 5.09. The van der Waals surface area contributed by atoms with Gasteiger partial charge in [-0.2, -0.15) is 0 Å². The molecule has 1 aliphatic rings. The van der Waals surface area contributed by atoms with E-state index in [4.69, 9.17) is 4.52 Å². The van der Waals surface area contributed by atoms with E-state index in [1.165, 1.54) is 0 Å². The molecule has 1 atom stereocenters. The van der Waals surface area contributed by atoms with Crippen molar-refractivity contribution in [2.75, 3.05) is 13.1 Å². The maximum Gasteiger partial charge on any atom is 0.133 e. The van der Waals surface area contributed by atoms with Gasteiger partial charge >= 0.3 is 0 Å². The summed E-state index contributed by atoms with van der Waals surface area (Å²) in [7, 11) is 0. The molecule has 0 aliphatic carbocycles. The van der Waals surface area contributed by atoms with Crippen molar-refractivity contribution in [3.63, 3.8) is 0 Å². The second-order valence-corrected chi connectivity index (χ2v) is 5.21. The zero-order valence-corrected chi connectivity index (χ0v) is 11.3. The van der Waals surface area contributed by atoms with E-state index in [0.29, 0.717) is 5.92 Å². The molecule has 0 spiro atoms. The average molecular weight is 258 g/mol. The van der Waals surface area contributed by atoms with Crippen molar-refractivity contribution in [3.05, 3.63) is 41.3 Å². The Hall–Kier alpha value is -1.75. The largest absolute Gasteiger partial charge is 0.361 e. The number of hydrogen-bond donors (Lipinski definition) is 0. The minimum absolute atomic E-state index is 0.438. The van der Waals surface area contributed by atoms with Crippen molar-refractivity contribution in [1.29, 1.82) is 0 Å². The van der Waals surface area contributed by atoms with Gasteiger partial charge in [0.2, 0.25) is 0 Å². The van der Waals surface area contributed by atoms with Crippen LogP contribution in [0.25, 0.3) is 0 Å². The van der Waals surface area contributed by atoms with Gasteiger partial charge in [0.15, 0.2) is 0 Å². The van der Waals surface area contributed by atoms with Crippen LogP contribution in [0.5, 0.6) is 0 Å². The predicted molar refractivity (Wildman–Crippen MR) is 70.6 cm³/mol. The van der Waals surface area contributed by atoms with Gasteiger partial charge in [0.25, 0.3) is 0 Å². The molecule has 0 N–H and O–H groups in total. The minimum atomic E-state index is 0.438. The first-order chi connectivity index (χ1) is 9.20. The van der Waals surface area contributed by atoms with E-state index in [0.717, 1.165) is 49.0 Å². The van der Waals surface area contributed by atoms with Crippen LogP contribution >= 0.6 is 0 Å². The standard InChI is InChI=1S/C14H18N4O/c1-10-3-5-15-14(16-10)12-4-6-18(8-12)9-13-7-11(2)19-17-13/h3,5,7,12H,4,6,8-9H2,1-2H3/t12-/m0/s1. The lowest BCUT2D eigenvalue weighted by Gasteiger charge is -2.13. The Kier molecular flexibility index (Phi) is 3.29. The summed E-state index contributed by atoms with van der Waals surface area (Å²) in [6.45, 7) is 6.84. The fraction of sp³-hybridized carbons (Fsp3) is 0.500.